The van der Waals surface area contributed by atoms with Crippen LogP contribution in [-0.2, 0) is 4.79 Å². The predicted octanol–water partition coefficient (Wildman–Crippen LogP) is 5.42. The zero-order valence-corrected chi connectivity index (χ0v) is 16.9. The number of hydrogen-bond acceptors (Lipinski definition) is 5. The third-order valence-corrected chi connectivity index (χ3v) is 5.72. The standard InChI is InChI=1S/C18H13Cl2NO3S2/c1-23-14-5-3-4-10(16(14)24-2)8-15-17(22)21(18(25)26-15)11-6-7-12(19)13(20)9-11/h3-9H,1-2H3/b15-8+. The molecule has 0 bridgehead atoms. The number of anilines is 1. The Bertz CT molecular complexity index is 931. The van der Waals surface area contributed by atoms with Crippen molar-refractivity contribution in [3.8, 4) is 11.5 Å². The average molecular weight is 426 g/mol. The highest BCUT2D eigenvalue weighted by atomic mass is 35.5. The molecule has 1 aliphatic rings. The minimum Gasteiger partial charge on any atom is -0.493 e. The van der Waals surface area contributed by atoms with Gasteiger partial charge >= 0.3 is 0 Å². The van der Waals surface area contributed by atoms with Gasteiger partial charge in [0.05, 0.1) is 34.9 Å². The fourth-order valence-electron chi connectivity index (χ4n) is 2.48. The molecule has 0 spiro atoms. The normalized spacial score (nSPS) is 15.7. The van der Waals surface area contributed by atoms with Crippen molar-refractivity contribution >= 4 is 69.2 Å². The summed E-state index contributed by atoms with van der Waals surface area (Å²) < 4.78 is 11.1. The lowest BCUT2D eigenvalue weighted by Crippen LogP contribution is -2.27. The van der Waals surface area contributed by atoms with Gasteiger partial charge < -0.3 is 9.47 Å². The Morgan fingerprint density at radius 3 is 2.54 bits per heavy atom. The number of carbonyl (C=O) groups is 1. The molecule has 1 heterocycles. The molecule has 1 fully saturated rings. The second-order valence-corrected chi connectivity index (χ2v) is 7.69. The number of rotatable bonds is 4. The van der Waals surface area contributed by atoms with E-state index in [1.807, 2.05) is 12.1 Å². The summed E-state index contributed by atoms with van der Waals surface area (Å²) in [5, 5.41) is 0.772. The third-order valence-electron chi connectivity index (χ3n) is 3.68. The van der Waals surface area contributed by atoms with Crippen LogP contribution in [0.2, 0.25) is 10.0 Å². The Morgan fingerprint density at radius 2 is 1.88 bits per heavy atom. The second-order valence-electron chi connectivity index (χ2n) is 5.20. The maximum Gasteiger partial charge on any atom is 0.270 e. The van der Waals surface area contributed by atoms with Crippen molar-refractivity contribution in [2.75, 3.05) is 19.1 Å². The Labute approximate surface area is 170 Å². The Hall–Kier alpha value is -1.73. The van der Waals surface area contributed by atoms with Crippen molar-refractivity contribution in [1.29, 1.82) is 0 Å². The fraction of sp³-hybridized carbons (Fsp3) is 0.111. The van der Waals surface area contributed by atoms with E-state index in [0.717, 1.165) is 5.56 Å². The van der Waals surface area contributed by atoms with Crippen molar-refractivity contribution in [1.82, 2.24) is 0 Å². The number of thiocarbonyl (C=S) groups is 1. The summed E-state index contributed by atoms with van der Waals surface area (Å²) in [6.07, 6.45) is 1.73. The van der Waals surface area contributed by atoms with E-state index in [-0.39, 0.29) is 5.91 Å². The van der Waals surface area contributed by atoms with Gasteiger partial charge in [-0.3, -0.25) is 9.69 Å². The number of hydrogen-bond donors (Lipinski definition) is 0. The molecular weight excluding hydrogens is 413 g/mol. The summed E-state index contributed by atoms with van der Waals surface area (Å²) in [6, 6.07) is 10.4. The number of halogens is 2. The number of thioether (sulfide) groups is 1. The van der Waals surface area contributed by atoms with Crippen LogP contribution < -0.4 is 14.4 Å². The van der Waals surface area contributed by atoms with Crippen molar-refractivity contribution in [2.45, 2.75) is 0 Å². The van der Waals surface area contributed by atoms with Gasteiger partial charge in [0, 0.05) is 5.56 Å². The van der Waals surface area contributed by atoms with E-state index >= 15 is 0 Å². The summed E-state index contributed by atoms with van der Waals surface area (Å²) in [6.45, 7) is 0. The van der Waals surface area contributed by atoms with E-state index in [1.54, 1.807) is 44.6 Å². The predicted molar refractivity (Wildman–Crippen MR) is 112 cm³/mol. The van der Waals surface area contributed by atoms with Crippen LogP contribution in [0.15, 0.2) is 41.3 Å². The lowest BCUT2D eigenvalue weighted by molar-refractivity contribution is -0.113. The van der Waals surface area contributed by atoms with Crippen LogP contribution >= 0.6 is 47.2 Å². The summed E-state index contributed by atoms with van der Waals surface area (Å²) in [7, 11) is 3.11. The van der Waals surface area contributed by atoms with Gasteiger partial charge in [-0.25, -0.2) is 0 Å². The number of nitrogens with zero attached hydrogens (tertiary/aromatic N) is 1. The van der Waals surface area contributed by atoms with Crippen molar-refractivity contribution in [3.05, 3.63) is 56.9 Å². The molecule has 0 unspecified atom stereocenters. The molecule has 2 aromatic rings. The van der Waals surface area contributed by atoms with Crippen LogP contribution in [0.3, 0.4) is 0 Å². The van der Waals surface area contributed by atoms with Crippen LogP contribution in [0.4, 0.5) is 5.69 Å². The van der Waals surface area contributed by atoms with Gasteiger partial charge in [-0.05, 0) is 30.3 Å². The summed E-state index contributed by atoms with van der Waals surface area (Å²) in [4.78, 5) is 14.8. The maximum atomic E-state index is 12.9. The molecule has 8 heteroatoms. The molecule has 0 saturated carbocycles. The molecule has 4 nitrogen and oxygen atoms in total. The molecule has 0 N–H and O–H groups in total. The molecule has 134 valence electrons. The summed E-state index contributed by atoms with van der Waals surface area (Å²) in [5.74, 6) is 0.902. The molecule has 0 aromatic heterocycles. The first-order valence-corrected chi connectivity index (χ1v) is 9.38. The molecule has 2 aromatic carbocycles. The highest BCUT2D eigenvalue weighted by molar-refractivity contribution is 8.27. The largest absolute Gasteiger partial charge is 0.493 e. The highest BCUT2D eigenvalue weighted by Crippen LogP contribution is 2.40. The second kappa shape index (κ2) is 7.88. The van der Waals surface area contributed by atoms with Gasteiger partial charge in [-0.15, -0.1) is 0 Å². The first kappa shape index (κ1) is 19.0. The number of carbonyl (C=O) groups excluding carboxylic acids is 1. The first-order chi connectivity index (χ1) is 12.5. The fourth-order valence-corrected chi connectivity index (χ4v) is 4.06. The van der Waals surface area contributed by atoms with Gasteiger partial charge in [0.25, 0.3) is 5.91 Å². The number of benzene rings is 2. The van der Waals surface area contributed by atoms with E-state index in [2.05, 4.69) is 0 Å². The Morgan fingerprint density at radius 1 is 1.12 bits per heavy atom. The Kier molecular flexibility index (Phi) is 5.77. The molecule has 26 heavy (non-hydrogen) atoms. The highest BCUT2D eigenvalue weighted by Gasteiger charge is 2.33. The average Bonchev–Trinajstić information content (AvgIpc) is 2.90. The van der Waals surface area contributed by atoms with Gasteiger partial charge in [0.2, 0.25) is 0 Å². The molecule has 0 aliphatic carbocycles. The zero-order chi connectivity index (χ0) is 18.8. The molecular formula is C18H13Cl2NO3S2. The number of ether oxygens (including phenoxy) is 2. The van der Waals surface area contributed by atoms with Crippen LogP contribution in [0, 0.1) is 0 Å². The van der Waals surface area contributed by atoms with Crippen molar-refractivity contribution in [2.24, 2.45) is 0 Å². The van der Waals surface area contributed by atoms with Gasteiger partial charge in [-0.2, -0.15) is 0 Å². The van der Waals surface area contributed by atoms with E-state index in [0.29, 0.717) is 36.5 Å². The monoisotopic (exact) mass is 425 g/mol. The van der Waals surface area contributed by atoms with Gasteiger partial charge in [0.1, 0.15) is 0 Å². The smallest absolute Gasteiger partial charge is 0.270 e. The number of para-hydroxylation sites is 1. The van der Waals surface area contributed by atoms with Gasteiger partial charge in [0.15, 0.2) is 15.8 Å². The Balaban J connectivity index is 1.99. The van der Waals surface area contributed by atoms with Crippen LogP contribution in [0.1, 0.15) is 5.56 Å². The lowest BCUT2D eigenvalue weighted by atomic mass is 10.1. The zero-order valence-electron chi connectivity index (χ0n) is 13.8. The molecule has 3 rings (SSSR count). The molecule has 1 saturated heterocycles. The van der Waals surface area contributed by atoms with E-state index in [9.17, 15) is 4.79 Å². The van der Waals surface area contributed by atoms with Crippen LogP contribution in [-0.4, -0.2) is 24.4 Å². The van der Waals surface area contributed by atoms with Gasteiger partial charge in [-0.1, -0.05) is 59.3 Å². The SMILES string of the molecule is COc1cccc(/C=C2/SC(=S)N(c3ccc(Cl)c(Cl)c3)C2=O)c1OC. The van der Waals surface area contributed by atoms with Crippen molar-refractivity contribution in [3.63, 3.8) is 0 Å². The summed E-state index contributed by atoms with van der Waals surface area (Å²) >= 11 is 18.6. The first-order valence-electron chi connectivity index (χ1n) is 7.40. The number of methoxy groups -OCH3 is 2. The summed E-state index contributed by atoms with van der Waals surface area (Å²) in [5.41, 5.74) is 1.30. The molecule has 0 radical (unpaired) electrons. The van der Waals surface area contributed by atoms with Crippen LogP contribution in [0.25, 0.3) is 6.08 Å². The molecule has 0 atom stereocenters. The number of amides is 1. The van der Waals surface area contributed by atoms with E-state index < -0.39 is 0 Å². The molecule has 1 amide bonds. The lowest BCUT2D eigenvalue weighted by Gasteiger charge is -2.15. The quantitative estimate of drug-likeness (QED) is 0.483. The van der Waals surface area contributed by atoms with Crippen molar-refractivity contribution < 1.29 is 14.3 Å². The minimum atomic E-state index is -0.233. The minimum absolute atomic E-state index is 0.233. The topological polar surface area (TPSA) is 38.8 Å². The van der Waals surface area contributed by atoms with Crippen LogP contribution in [0.5, 0.6) is 11.5 Å². The maximum absolute atomic E-state index is 12.9. The third kappa shape index (κ3) is 3.55. The van der Waals surface area contributed by atoms with E-state index in [4.69, 9.17) is 44.9 Å². The molecule has 1 aliphatic heterocycles. The van der Waals surface area contributed by atoms with E-state index in [1.165, 1.54) is 16.7 Å².